The number of carbonyl (C=O) groups is 1. The fraction of sp³-hybridized carbons (Fsp3) is 0.586. The topological polar surface area (TPSA) is 76.4 Å². The molecule has 4 heterocycles. The van der Waals surface area contributed by atoms with Gasteiger partial charge in [0.15, 0.2) is 5.65 Å². The van der Waals surface area contributed by atoms with E-state index in [9.17, 15) is 4.79 Å². The third kappa shape index (κ3) is 5.68. The first-order chi connectivity index (χ1) is 18.4. The van der Waals surface area contributed by atoms with Crippen molar-refractivity contribution >= 4 is 46.3 Å². The van der Waals surface area contributed by atoms with E-state index in [0.29, 0.717) is 21.9 Å². The lowest BCUT2D eigenvalue weighted by Gasteiger charge is -2.42. The van der Waals surface area contributed by atoms with Crippen molar-refractivity contribution < 1.29 is 9.53 Å². The summed E-state index contributed by atoms with van der Waals surface area (Å²) in [6.07, 6.45) is 4.72. The molecule has 0 spiro atoms. The fourth-order valence-electron chi connectivity index (χ4n) is 6.16. The summed E-state index contributed by atoms with van der Waals surface area (Å²) in [5.41, 5.74) is 2.80. The first-order valence-corrected chi connectivity index (χ1v) is 14.6. The van der Waals surface area contributed by atoms with Crippen LogP contribution in [0.2, 0.25) is 10.0 Å². The number of amides is 1. The molecule has 2 saturated heterocycles. The van der Waals surface area contributed by atoms with Crippen LogP contribution < -0.4 is 4.90 Å². The molecule has 2 aromatic heterocycles. The lowest BCUT2D eigenvalue weighted by molar-refractivity contribution is 0.0134. The molecule has 5 rings (SSSR count). The monoisotopic (exact) mass is 572 g/mol. The van der Waals surface area contributed by atoms with Crippen molar-refractivity contribution in [1.29, 1.82) is 0 Å². The van der Waals surface area contributed by atoms with Crippen LogP contribution in [0, 0.1) is 18.8 Å². The van der Waals surface area contributed by atoms with Gasteiger partial charge >= 0.3 is 6.09 Å². The molecule has 0 aliphatic carbocycles. The second kappa shape index (κ2) is 10.8. The van der Waals surface area contributed by atoms with Crippen LogP contribution in [0.25, 0.3) is 11.2 Å². The number of anilines is 1. The average molecular weight is 574 g/mol. The fourth-order valence-corrected chi connectivity index (χ4v) is 6.73. The molecule has 1 aromatic carbocycles. The molecule has 3 aromatic rings. The molecular weight excluding hydrogens is 535 g/mol. The van der Waals surface area contributed by atoms with Gasteiger partial charge in [0, 0.05) is 35.7 Å². The number of fused-ring (bicyclic) bond motifs is 1. The van der Waals surface area contributed by atoms with Gasteiger partial charge < -0.3 is 14.5 Å². The summed E-state index contributed by atoms with van der Waals surface area (Å²) < 4.78 is 7.63. The summed E-state index contributed by atoms with van der Waals surface area (Å²) in [6.45, 7) is 14.6. The van der Waals surface area contributed by atoms with Crippen molar-refractivity contribution in [2.24, 2.45) is 11.8 Å². The Hall–Kier alpha value is -2.58. The highest BCUT2D eigenvalue weighted by molar-refractivity contribution is 6.35. The van der Waals surface area contributed by atoms with E-state index in [4.69, 9.17) is 43.0 Å². The Morgan fingerprint density at radius 3 is 2.64 bits per heavy atom. The smallest absolute Gasteiger partial charge is 0.410 e. The van der Waals surface area contributed by atoms with Crippen molar-refractivity contribution in [2.45, 2.75) is 78.5 Å². The number of rotatable bonds is 4. The lowest BCUT2D eigenvalue weighted by atomic mass is 9.80. The molecule has 0 bridgehead atoms. The quantitative estimate of drug-likeness (QED) is 0.338. The van der Waals surface area contributed by atoms with E-state index >= 15 is 0 Å². The zero-order valence-corrected chi connectivity index (χ0v) is 25.1. The zero-order chi connectivity index (χ0) is 28.1. The van der Waals surface area contributed by atoms with E-state index in [1.54, 1.807) is 6.07 Å². The number of aromatic nitrogens is 4. The van der Waals surface area contributed by atoms with E-state index in [1.165, 1.54) is 0 Å². The SMILES string of the molecule is Cc1nn([C@H](C)c2ccc(Cl)cc2Cl)c2nc(N3CCC(C4CCCN4C(=O)OC(C)(C)C)C(C)C3)cnc12. The van der Waals surface area contributed by atoms with Crippen LogP contribution in [-0.2, 0) is 4.74 Å². The molecule has 4 atom stereocenters. The Morgan fingerprint density at radius 1 is 1.18 bits per heavy atom. The number of carbonyl (C=O) groups excluding carboxylic acids is 1. The Morgan fingerprint density at radius 2 is 1.95 bits per heavy atom. The van der Waals surface area contributed by atoms with E-state index in [-0.39, 0.29) is 18.2 Å². The first kappa shape index (κ1) is 28.0. The minimum Gasteiger partial charge on any atom is -0.444 e. The van der Waals surface area contributed by atoms with Gasteiger partial charge in [-0.1, -0.05) is 36.2 Å². The van der Waals surface area contributed by atoms with Crippen LogP contribution in [0.4, 0.5) is 10.6 Å². The van der Waals surface area contributed by atoms with Gasteiger partial charge in [0.1, 0.15) is 16.9 Å². The predicted octanol–water partition coefficient (Wildman–Crippen LogP) is 6.91. The van der Waals surface area contributed by atoms with Crippen LogP contribution in [-0.4, -0.2) is 62.0 Å². The van der Waals surface area contributed by atoms with Gasteiger partial charge in [-0.25, -0.2) is 19.4 Å². The second-order valence-electron chi connectivity index (χ2n) is 12.0. The van der Waals surface area contributed by atoms with Crippen LogP contribution in [0.1, 0.15) is 71.2 Å². The van der Waals surface area contributed by atoms with E-state index in [0.717, 1.165) is 67.1 Å². The first-order valence-electron chi connectivity index (χ1n) is 13.8. The van der Waals surface area contributed by atoms with Gasteiger partial charge in [0.2, 0.25) is 0 Å². The molecule has 39 heavy (non-hydrogen) atoms. The molecule has 2 fully saturated rings. The van der Waals surface area contributed by atoms with Gasteiger partial charge in [-0.2, -0.15) is 5.10 Å². The Bertz CT molecular complexity index is 1370. The maximum Gasteiger partial charge on any atom is 0.410 e. The van der Waals surface area contributed by atoms with Crippen molar-refractivity contribution in [2.75, 3.05) is 24.5 Å². The molecule has 1 amide bonds. The van der Waals surface area contributed by atoms with Crippen LogP contribution in [0.15, 0.2) is 24.4 Å². The summed E-state index contributed by atoms with van der Waals surface area (Å²) in [6, 6.07) is 5.62. The molecule has 0 saturated carbocycles. The molecule has 8 nitrogen and oxygen atoms in total. The van der Waals surface area contributed by atoms with E-state index < -0.39 is 5.60 Å². The molecule has 10 heteroatoms. The molecular formula is C29H38Cl2N6O2. The predicted molar refractivity (Wildman–Crippen MR) is 156 cm³/mol. The maximum atomic E-state index is 12.9. The highest BCUT2D eigenvalue weighted by Crippen LogP contribution is 2.37. The van der Waals surface area contributed by atoms with Gasteiger partial charge in [-0.05, 0) is 83.4 Å². The van der Waals surface area contributed by atoms with Crippen molar-refractivity contribution in [3.8, 4) is 0 Å². The number of hydrogen-bond donors (Lipinski definition) is 0. The Labute approximate surface area is 240 Å². The van der Waals surface area contributed by atoms with Gasteiger partial charge in [0.05, 0.1) is 17.9 Å². The average Bonchev–Trinajstić information content (AvgIpc) is 3.47. The minimum atomic E-state index is -0.488. The number of aryl methyl sites for hydroxylation is 1. The number of piperidine rings is 1. The number of likely N-dealkylation sites (tertiary alicyclic amines) is 1. The van der Waals surface area contributed by atoms with Crippen LogP contribution in [0.3, 0.4) is 0 Å². The highest BCUT2D eigenvalue weighted by Gasteiger charge is 2.41. The highest BCUT2D eigenvalue weighted by atomic mass is 35.5. The third-order valence-corrected chi connectivity index (χ3v) is 8.62. The summed E-state index contributed by atoms with van der Waals surface area (Å²) in [7, 11) is 0. The number of hydrogen-bond acceptors (Lipinski definition) is 6. The summed E-state index contributed by atoms with van der Waals surface area (Å²) in [5, 5.41) is 5.98. The van der Waals surface area contributed by atoms with E-state index in [2.05, 4.69) is 18.7 Å². The third-order valence-electron chi connectivity index (χ3n) is 8.06. The molecule has 2 aliphatic rings. The minimum absolute atomic E-state index is 0.138. The molecule has 210 valence electrons. The van der Waals surface area contributed by atoms with Gasteiger partial charge in [0.25, 0.3) is 0 Å². The Balaban J connectivity index is 1.35. The van der Waals surface area contributed by atoms with Crippen molar-refractivity contribution in [1.82, 2.24) is 24.6 Å². The summed E-state index contributed by atoms with van der Waals surface area (Å²) in [4.78, 5) is 27.0. The summed E-state index contributed by atoms with van der Waals surface area (Å²) in [5.74, 6) is 1.66. The molecule has 0 N–H and O–H groups in total. The maximum absolute atomic E-state index is 12.9. The van der Waals surface area contributed by atoms with Crippen LogP contribution in [0.5, 0.6) is 0 Å². The molecule has 0 radical (unpaired) electrons. The van der Waals surface area contributed by atoms with Gasteiger partial charge in [-0.3, -0.25) is 0 Å². The van der Waals surface area contributed by atoms with E-state index in [1.807, 2.05) is 55.6 Å². The normalized spacial score (nSPS) is 22.9. The molecule has 3 unspecified atom stereocenters. The standard InChI is InChI=1S/C29H38Cl2N6O2/c1-17-16-35(13-11-21(17)24-8-7-12-36(24)28(38)39-29(4,5)6)25-15-32-26-18(2)34-37(27(26)33-25)19(3)22-10-9-20(30)14-23(22)31/h9-10,14-15,17,19,21,24H,7-8,11-13,16H2,1-6H3/t17?,19-,21?,24?/m1/s1. The van der Waals surface area contributed by atoms with Crippen LogP contribution >= 0.6 is 23.2 Å². The second-order valence-corrected chi connectivity index (χ2v) is 12.9. The summed E-state index contributed by atoms with van der Waals surface area (Å²) >= 11 is 12.7. The largest absolute Gasteiger partial charge is 0.444 e. The molecule has 2 aliphatic heterocycles. The Kier molecular flexibility index (Phi) is 7.72. The number of ether oxygens (including phenoxy) is 1. The number of benzene rings is 1. The zero-order valence-electron chi connectivity index (χ0n) is 23.6. The number of nitrogens with zero attached hydrogens (tertiary/aromatic N) is 6. The lowest BCUT2D eigenvalue weighted by Crippen LogP contribution is -2.49. The van der Waals surface area contributed by atoms with Crippen molar-refractivity contribution in [3.63, 3.8) is 0 Å². The van der Waals surface area contributed by atoms with Gasteiger partial charge in [-0.15, -0.1) is 0 Å². The van der Waals surface area contributed by atoms with Crippen molar-refractivity contribution in [3.05, 3.63) is 45.7 Å². The number of halogens is 2.